The predicted molar refractivity (Wildman–Crippen MR) is 77.5 cm³/mol. The van der Waals surface area contributed by atoms with Crippen molar-refractivity contribution in [3.8, 4) is 0 Å². The molecular weight excluding hydrogens is 304 g/mol. The van der Waals surface area contributed by atoms with Crippen LogP contribution < -0.4 is 0 Å². The van der Waals surface area contributed by atoms with Gasteiger partial charge in [0.1, 0.15) is 0 Å². The average Bonchev–Trinajstić information content (AvgIpc) is 2.41. The van der Waals surface area contributed by atoms with E-state index in [-0.39, 0.29) is 22.0 Å². The van der Waals surface area contributed by atoms with Crippen LogP contribution in [-0.4, -0.2) is 20.5 Å². The van der Waals surface area contributed by atoms with Crippen molar-refractivity contribution in [1.29, 1.82) is 0 Å². The third-order valence-electron chi connectivity index (χ3n) is 3.25. The summed E-state index contributed by atoms with van der Waals surface area (Å²) in [6.07, 6.45) is 3.95. The number of rotatable bonds is 4. The minimum Gasteiger partial charge on any atom is -0.258 e. The van der Waals surface area contributed by atoms with Crippen molar-refractivity contribution in [3.63, 3.8) is 0 Å². The number of nitrogens with zero attached hydrogens (tertiary/aromatic N) is 2. The van der Waals surface area contributed by atoms with Gasteiger partial charge in [-0.25, -0.2) is 0 Å². The summed E-state index contributed by atoms with van der Waals surface area (Å²) in [6.45, 7) is 0. The van der Waals surface area contributed by atoms with Crippen molar-refractivity contribution in [2.24, 2.45) is 0 Å². The van der Waals surface area contributed by atoms with Crippen LogP contribution in [0.4, 0.5) is 11.4 Å². The topological polar surface area (TPSA) is 86.3 Å². The van der Waals surface area contributed by atoms with Gasteiger partial charge in [-0.2, -0.15) is 0 Å². The van der Waals surface area contributed by atoms with Crippen molar-refractivity contribution in [3.05, 3.63) is 38.4 Å². The number of nitro benzene ring substituents is 2. The van der Waals surface area contributed by atoms with Crippen molar-refractivity contribution in [1.82, 2.24) is 0 Å². The Labute approximate surface area is 124 Å². The van der Waals surface area contributed by atoms with E-state index in [0.29, 0.717) is 4.90 Å². The second kappa shape index (κ2) is 6.41. The maximum atomic E-state index is 11.1. The monoisotopic (exact) mass is 316 g/mol. The smallest absolute Gasteiger partial charge is 0.258 e. The van der Waals surface area contributed by atoms with Gasteiger partial charge in [0, 0.05) is 16.7 Å². The molecule has 0 unspecified atom stereocenters. The van der Waals surface area contributed by atoms with Crippen LogP contribution in [0.5, 0.6) is 0 Å². The molecule has 2 rings (SSSR count). The van der Waals surface area contributed by atoms with E-state index >= 15 is 0 Å². The van der Waals surface area contributed by atoms with E-state index in [1.54, 1.807) is 0 Å². The average molecular weight is 317 g/mol. The highest BCUT2D eigenvalue weighted by Crippen LogP contribution is 2.41. The van der Waals surface area contributed by atoms with Gasteiger partial charge in [-0.1, -0.05) is 12.8 Å². The Morgan fingerprint density at radius 3 is 2.45 bits per heavy atom. The Morgan fingerprint density at radius 1 is 1.15 bits per heavy atom. The number of non-ortho nitro benzene ring substituents is 1. The quantitative estimate of drug-likeness (QED) is 0.473. The van der Waals surface area contributed by atoms with Gasteiger partial charge in [0.05, 0.1) is 20.8 Å². The molecule has 1 aromatic rings. The summed E-state index contributed by atoms with van der Waals surface area (Å²) in [6, 6.07) is 3.74. The van der Waals surface area contributed by atoms with Crippen LogP contribution in [0.3, 0.4) is 0 Å². The first kappa shape index (κ1) is 15.1. The van der Waals surface area contributed by atoms with Gasteiger partial charge in [-0.15, -0.1) is 23.4 Å². The van der Waals surface area contributed by atoms with E-state index in [1.165, 1.54) is 23.9 Å². The van der Waals surface area contributed by atoms with Gasteiger partial charge >= 0.3 is 0 Å². The van der Waals surface area contributed by atoms with E-state index in [0.717, 1.165) is 31.7 Å². The molecule has 1 aliphatic rings. The second-order valence-electron chi connectivity index (χ2n) is 4.62. The fourth-order valence-corrected chi connectivity index (χ4v) is 3.94. The Bertz CT molecular complexity index is 540. The summed E-state index contributed by atoms with van der Waals surface area (Å²) >= 11 is 7.60. The van der Waals surface area contributed by atoms with Gasteiger partial charge in [-0.05, 0) is 18.9 Å². The Morgan fingerprint density at radius 2 is 1.85 bits per heavy atom. The summed E-state index contributed by atoms with van der Waals surface area (Å²) < 4.78 is 0. The lowest BCUT2D eigenvalue weighted by atomic mass is 10.00. The maximum Gasteiger partial charge on any atom is 0.289 e. The molecule has 0 N–H and O–H groups in total. The Balaban J connectivity index is 2.26. The number of thioether (sulfide) groups is 1. The fourth-order valence-electron chi connectivity index (χ4n) is 2.21. The molecule has 0 spiro atoms. The molecule has 6 nitrogen and oxygen atoms in total. The molecule has 1 saturated carbocycles. The number of nitro groups is 2. The highest BCUT2D eigenvalue weighted by atomic mass is 35.5. The Kier molecular flexibility index (Phi) is 4.82. The van der Waals surface area contributed by atoms with E-state index in [4.69, 9.17) is 11.6 Å². The molecule has 0 radical (unpaired) electrons. The van der Waals surface area contributed by atoms with Crippen LogP contribution in [0, 0.1) is 20.2 Å². The highest BCUT2D eigenvalue weighted by molar-refractivity contribution is 8.00. The molecule has 0 amide bonds. The lowest BCUT2D eigenvalue weighted by Gasteiger charge is -2.26. The summed E-state index contributed by atoms with van der Waals surface area (Å²) in [5.74, 6) is 0. The van der Waals surface area contributed by atoms with E-state index in [1.807, 2.05) is 0 Å². The lowest BCUT2D eigenvalue weighted by molar-refractivity contribution is -0.396. The van der Waals surface area contributed by atoms with Gasteiger partial charge in [0.15, 0.2) is 0 Å². The Hall–Kier alpha value is -1.34. The molecule has 0 aliphatic heterocycles. The molecule has 1 aliphatic carbocycles. The molecule has 20 heavy (non-hydrogen) atoms. The zero-order valence-corrected chi connectivity index (χ0v) is 12.1. The fraction of sp³-hybridized carbons (Fsp3) is 0.500. The van der Waals surface area contributed by atoms with Gasteiger partial charge < -0.3 is 0 Å². The molecule has 108 valence electrons. The molecule has 0 bridgehead atoms. The molecule has 1 fully saturated rings. The number of hydrogen-bond donors (Lipinski definition) is 0. The third kappa shape index (κ3) is 3.40. The first-order valence-electron chi connectivity index (χ1n) is 6.22. The summed E-state index contributed by atoms with van der Waals surface area (Å²) in [4.78, 5) is 21.0. The first-order valence-corrected chi connectivity index (χ1v) is 7.54. The van der Waals surface area contributed by atoms with Crippen molar-refractivity contribution in [2.75, 3.05) is 0 Å². The lowest BCUT2D eigenvalue weighted by Crippen LogP contribution is -2.22. The molecule has 1 aromatic carbocycles. The highest BCUT2D eigenvalue weighted by Gasteiger charge is 2.28. The number of halogens is 1. The summed E-state index contributed by atoms with van der Waals surface area (Å²) in [5, 5.41) is 21.8. The van der Waals surface area contributed by atoms with E-state index in [2.05, 4.69) is 0 Å². The predicted octanol–water partition coefficient (Wildman–Crippen LogP) is 4.15. The first-order chi connectivity index (χ1) is 9.49. The molecule has 0 saturated heterocycles. The van der Waals surface area contributed by atoms with Crippen molar-refractivity contribution in [2.45, 2.75) is 41.2 Å². The third-order valence-corrected chi connectivity index (χ3v) is 5.39. The largest absolute Gasteiger partial charge is 0.289 e. The SMILES string of the molecule is O=[N+]([O-])c1ccc(S[C@H]2CCCC[C@H]2Cl)c([N+](=O)[O-])c1. The minimum atomic E-state index is -0.633. The summed E-state index contributed by atoms with van der Waals surface area (Å²) in [5.41, 5.74) is -0.495. The van der Waals surface area contributed by atoms with Gasteiger partial charge in [0.25, 0.3) is 11.4 Å². The van der Waals surface area contributed by atoms with Gasteiger partial charge in [-0.3, -0.25) is 20.2 Å². The number of alkyl halides is 1. The van der Waals surface area contributed by atoms with E-state index < -0.39 is 9.85 Å². The standard InChI is InChI=1S/C12H13ClN2O4S/c13-9-3-1-2-4-11(9)20-12-6-5-8(14(16)17)7-10(12)15(18)19/h5-7,9,11H,1-4H2/t9-,11+/m1/s1. The second-order valence-corrected chi connectivity index (χ2v) is 6.46. The van der Waals surface area contributed by atoms with Crippen LogP contribution in [-0.2, 0) is 0 Å². The number of benzene rings is 1. The summed E-state index contributed by atoms with van der Waals surface area (Å²) in [7, 11) is 0. The molecule has 8 heteroatoms. The zero-order valence-electron chi connectivity index (χ0n) is 10.5. The molecule has 2 atom stereocenters. The molecular formula is C12H13ClN2O4S. The van der Waals surface area contributed by atoms with Crippen LogP contribution in [0.15, 0.2) is 23.1 Å². The zero-order chi connectivity index (χ0) is 14.7. The van der Waals surface area contributed by atoms with Crippen LogP contribution >= 0.6 is 23.4 Å². The molecule has 0 aromatic heterocycles. The maximum absolute atomic E-state index is 11.1. The van der Waals surface area contributed by atoms with Crippen molar-refractivity contribution < 1.29 is 9.85 Å². The molecule has 0 heterocycles. The van der Waals surface area contributed by atoms with Gasteiger partial charge in [0.2, 0.25) is 0 Å². The normalized spacial score (nSPS) is 22.4. The number of hydrogen-bond acceptors (Lipinski definition) is 5. The van der Waals surface area contributed by atoms with Crippen LogP contribution in [0.2, 0.25) is 0 Å². The van der Waals surface area contributed by atoms with E-state index in [9.17, 15) is 20.2 Å². The minimum absolute atomic E-state index is 0.0106. The van der Waals surface area contributed by atoms with Crippen LogP contribution in [0.25, 0.3) is 0 Å². The van der Waals surface area contributed by atoms with Crippen LogP contribution in [0.1, 0.15) is 25.7 Å². The van der Waals surface area contributed by atoms with Crippen molar-refractivity contribution >= 4 is 34.7 Å².